The quantitative estimate of drug-likeness (QED) is 0.420. The molecule has 0 spiro atoms. The lowest BCUT2D eigenvalue weighted by atomic mass is 10.2. The number of urea groups is 1. The maximum atomic E-state index is 13.0. The zero-order valence-corrected chi connectivity index (χ0v) is 19.4. The van der Waals surface area contributed by atoms with E-state index in [9.17, 15) is 4.79 Å². The summed E-state index contributed by atoms with van der Waals surface area (Å²) in [6, 6.07) is 27.5. The van der Waals surface area contributed by atoms with Crippen molar-refractivity contribution in [1.82, 2.24) is 24.5 Å². The number of hydrogen-bond acceptors (Lipinski definition) is 5. The standard InChI is InChI=1S/C27H25N7O/c1-19-18-32(16-17-33(19)27(35)28-21-12-6-3-7-13-21)26-29-23-15-9-8-14-22(23)25-31-30-24(34(25)26)20-10-4-2-5-11-20/h2-15,19H,16-18H2,1H3,(H,28,35)/t19-/m0/s1. The summed E-state index contributed by atoms with van der Waals surface area (Å²) in [5.41, 5.74) is 3.43. The Bertz CT molecular complexity index is 1500. The number of nitrogens with one attached hydrogen (secondary N) is 1. The van der Waals surface area contributed by atoms with Crippen molar-refractivity contribution in [2.75, 3.05) is 29.9 Å². The number of amides is 2. The van der Waals surface area contributed by atoms with Crippen LogP contribution in [0.3, 0.4) is 0 Å². The lowest BCUT2D eigenvalue weighted by Gasteiger charge is -2.40. The van der Waals surface area contributed by atoms with E-state index in [-0.39, 0.29) is 12.1 Å². The summed E-state index contributed by atoms with van der Waals surface area (Å²) < 4.78 is 2.05. The van der Waals surface area contributed by atoms with Crippen molar-refractivity contribution >= 4 is 34.2 Å². The molecular formula is C27H25N7O. The minimum atomic E-state index is -0.0887. The molecular weight excluding hydrogens is 438 g/mol. The lowest BCUT2D eigenvalue weighted by molar-refractivity contribution is 0.184. The van der Waals surface area contributed by atoms with Crippen LogP contribution in [-0.2, 0) is 0 Å². The van der Waals surface area contributed by atoms with Crippen molar-refractivity contribution in [3.05, 3.63) is 84.9 Å². The van der Waals surface area contributed by atoms with E-state index < -0.39 is 0 Å². The molecule has 35 heavy (non-hydrogen) atoms. The number of nitrogens with zero attached hydrogens (tertiary/aromatic N) is 6. The second-order valence-corrected chi connectivity index (χ2v) is 8.76. The van der Waals surface area contributed by atoms with Gasteiger partial charge in [-0.25, -0.2) is 14.2 Å². The van der Waals surface area contributed by atoms with Gasteiger partial charge in [-0.2, -0.15) is 0 Å². The van der Waals surface area contributed by atoms with Crippen molar-refractivity contribution in [1.29, 1.82) is 0 Å². The molecule has 1 atom stereocenters. The molecule has 2 aromatic heterocycles. The molecule has 3 aromatic carbocycles. The highest BCUT2D eigenvalue weighted by atomic mass is 16.2. The summed E-state index contributed by atoms with van der Waals surface area (Å²) in [5.74, 6) is 1.54. The molecule has 0 saturated carbocycles. The predicted octanol–water partition coefficient (Wildman–Crippen LogP) is 4.69. The number of hydrogen-bond donors (Lipinski definition) is 1. The van der Waals surface area contributed by atoms with E-state index in [2.05, 4.69) is 27.3 Å². The molecule has 1 saturated heterocycles. The van der Waals surface area contributed by atoms with Crippen LogP contribution in [0.25, 0.3) is 27.9 Å². The predicted molar refractivity (Wildman–Crippen MR) is 138 cm³/mol. The molecule has 0 unspecified atom stereocenters. The number of carbonyl (C=O) groups is 1. The Morgan fingerprint density at radius 1 is 0.886 bits per heavy atom. The van der Waals surface area contributed by atoms with E-state index in [1.807, 2.05) is 94.2 Å². The van der Waals surface area contributed by atoms with Crippen LogP contribution in [0.1, 0.15) is 6.92 Å². The summed E-state index contributed by atoms with van der Waals surface area (Å²) in [7, 11) is 0. The van der Waals surface area contributed by atoms with Crippen LogP contribution in [0.4, 0.5) is 16.4 Å². The summed E-state index contributed by atoms with van der Waals surface area (Å²) in [6.45, 7) is 3.95. The Kier molecular flexibility index (Phi) is 5.25. The first kappa shape index (κ1) is 21.1. The van der Waals surface area contributed by atoms with Gasteiger partial charge in [0.1, 0.15) is 0 Å². The Hall–Kier alpha value is -4.46. The van der Waals surface area contributed by atoms with Gasteiger partial charge >= 0.3 is 6.03 Å². The third-order valence-electron chi connectivity index (χ3n) is 6.46. The maximum absolute atomic E-state index is 13.0. The largest absolute Gasteiger partial charge is 0.338 e. The first-order valence-electron chi connectivity index (χ1n) is 11.8. The SMILES string of the molecule is C[C@H]1CN(c2nc3ccccc3c3nnc(-c4ccccc4)n23)CCN1C(=O)Nc1ccccc1. The van der Waals surface area contributed by atoms with Gasteiger partial charge in [0.15, 0.2) is 11.5 Å². The third-order valence-corrected chi connectivity index (χ3v) is 6.46. The fourth-order valence-corrected chi connectivity index (χ4v) is 4.71. The number of benzene rings is 3. The molecule has 0 radical (unpaired) electrons. The first-order valence-corrected chi connectivity index (χ1v) is 11.8. The second-order valence-electron chi connectivity index (χ2n) is 8.76. The summed E-state index contributed by atoms with van der Waals surface area (Å²) in [4.78, 5) is 22.1. The van der Waals surface area contributed by atoms with E-state index in [1.165, 1.54) is 0 Å². The van der Waals surface area contributed by atoms with Gasteiger partial charge < -0.3 is 15.1 Å². The van der Waals surface area contributed by atoms with Gasteiger partial charge in [0.05, 0.1) is 5.52 Å². The minimum absolute atomic E-state index is 0.00700. The molecule has 174 valence electrons. The van der Waals surface area contributed by atoms with Gasteiger partial charge in [0, 0.05) is 42.3 Å². The maximum Gasteiger partial charge on any atom is 0.322 e. The average Bonchev–Trinajstić information content (AvgIpc) is 3.35. The highest BCUT2D eigenvalue weighted by Crippen LogP contribution is 2.29. The van der Waals surface area contributed by atoms with Gasteiger partial charge in [-0.15, -0.1) is 10.2 Å². The monoisotopic (exact) mass is 463 g/mol. The fraction of sp³-hybridized carbons (Fsp3) is 0.185. The van der Waals surface area contributed by atoms with Crippen molar-refractivity contribution in [2.45, 2.75) is 13.0 Å². The molecule has 0 bridgehead atoms. The third kappa shape index (κ3) is 3.82. The molecule has 0 aliphatic carbocycles. The Morgan fingerprint density at radius 2 is 1.60 bits per heavy atom. The highest BCUT2D eigenvalue weighted by Gasteiger charge is 2.30. The summed E-state index contributed by atoms with van der Waals surface area (Å²) in [5, 5.41) is 13.1. The number of rotatable bonds is 3. The Labute approximate surface area is 202 Å². The zero-order valence-electron chi connectivity index (χ0n) is 19.4. The van der Waals surface area contributed by atoms with Crippen LogP contribution in [0.2, 0.25) is 0 Å². The van der Waals surface area contributed by atoms with Gasteiger partial charge in [0.25, 0.3) is 0 Å². The van der Waals surface area contributed by atoms with Crippen LogP contribution in [0.5, 0.6) is 0 Å². The van der Waals surface area contributed by atoms with Crippen LogP contribution < -0.4 is 10.2 Å². The van der Waals surface area contributed by atoms with Crippen LogP contribution >= 0.6 is 0 Å². The highest BCUT2D eigenvalue weighted by molar-refractivity contribution is 5.93. The normalized spacial score (nSPS) is 16.1. The first-order chi connectivity index (χ1) is 17.2. The zero-order chi connectivity index (χ0) is 23.8. The number of fused-ring (bicyclic) bond motifs is 3. The molecule has 8 nitrogen and oxygen atoms in total. The van der Waals surface area contributed by atoms with Crippen LogP contribution in [-0.4, -0.2) is 56.2 Å². The average molecular weight is 464 g/mol. The van der Waals surface area contributed by atoms with Crippen molar-refractivity contribution in [3.8, 4) is 11.4 Å². The molecule has 1 aliphatic rings. The summed E-state index contributed by atoms with van der Waals surface area (Å²) >= 11 is 0. The van der Waals surface area contributed by atoms with Gasteiger partial charge in [-0.1, -0.05) is 60.7 Å². The number of para-hydroxylation sites is 2. The molecule has 8 heteroatoms. The molecule has 3 heterocycles. The number of aromatic nitrogens is 4. The van der Waals surface area contributed by atoms with E-state index >= 15 is 0 Å². The van der Waals surface area contributed by atoms with E-state index in [0.717, 1.165) is 39.6 Å². The smallest absolute Gasteiger partial charge is 0.322 e. The van der Waals surface area contributed by atoms with Gasteiger partial charge in [0.2, 0.25) is 5.95 Å². The summed E-state index contributed by atoms with van der Waals surface area (Å²) in [6.07, 6.45) is 0. The van der Waals surface area contributed by atoms with Gasteiger partial charge in [-0.3, -0.25) is 0 Å². The number of carbonyl (C=O) groups excluding carboxylic acids is 1. The number of anilines is 2. The fourth-order valence-electron chi connectivity index (χ4n) is 4.71. The lowest BCUT2D eigenvalue weighted by Crippen LogP contribution is -2.55. The topological polar surface area (TPSA) is 78.7 Å². The second kappa shape index (κ2) is 8.72. The molecule has 1 aliphatic heterocycles. The minimum Gasteiger partial charge on any atom is -0.338 e. The molecule has 1 N–H and O–H groups in total. The van der Waals surface area contributed by atoms with E-state index in [4.69, 9.17) is 4.98 Å². The van der Waals surface area contributed by atoms with Crippen molar-refractivity contribution < 1.29 is 4.79 Å². The van der Waals surface area contributed by atoms with E-state index in [1.54, 1.807) is 0 Å². The molecule has 6 rings (SSSR count). The van der Waals surface area contributed by atoms with Crippen LogP contribution in [0, 0.1) is 0 Å². The number of piperazine rings is 1. The molecule has 5 aromatic rings. The van der Waals surface area contributed by atoms with Crippen molar-refractivity contribution in [3.63, 3.8) is 0 Å². The van der Waals surface area contributed by atoms with E-state index in [0.29, 0.717) is 19.6 Å². The Balaban J connectivity index is 1.36. The van der Waals surface area contributed by atoms with Crippen molar-refractivity contribution in [2.24, 2.45) is 0 Å². The van der Waals surface area contributed by atoms with Crippen LogP contribution in [0.15, 0.2) is 84.9 Å². The Morgan fingerprint density at radius 3 is 2.37 bits per heavy atom. The molecule has 1 fully saturated rings. The molecule has 2 amide bonds. The van der Waals surface area contributed by atoms with Gasteiger partial charge in [-0.05, 0) is 31.2 Å².